The fraction of sp³-hybridized carbons (Fsp3) is 0.0714. The molecule has 0 aliphatic carbocycles. The number of benzene rings is 2. The van der Waals surface area contributed by atoms with Crippen molar-refractivity contribution in [1.82, 2.24) is 0 Å². The Morgan fingerprint density at radius 3 is 2.70 bits per heavy atom. The monoisotopic (exact) mass is 339 g/mol. The predicted molar refractivity (Wildman–Crippen MR) is 76.7 cm³/mol. The predicted octanol–water partition coefficient (Wildman–Crippen LogP) is 3.55. The number of amides is 1. The van der Waals surface area contributed by atoms with Gasteiger partial charge in [-0.25, -0.2) is 4.39 Å². The number of halogens is 2. The zero-order valence-corrected chi connectivity index (χ0v) is 12.1. The molecule has 20 heavy (non-hydrogen) atoms. The Kier molecular flexibility index (Phi) is 4.24. The maximum Gasteiger partial charge on any atom is 0.256 e. The van der Waals surface area contributed by atoms with Gasteiger partial charge in [-0.05, 0) is 46.3 Å². The van der Waals surface area contributed by atoms with Gasteiger partial charge in [-0.3, -0.25) is 4.79 Å². The summed E-state index contributed by atoms with van der Waals surface area (Å²) < 4.78 is 18.8. The summed E-state index contributed by atoms with van der Waals surface area (Å²) in [6.45, 7) is 0. The first kappa shape index (κ1) is 14.3. The number of methoxy groups -OCH3 is 1. The van der Waals surface area contributed by atoms with Crippen molar-refractivity contribution in [1.29, 1.82) is 0 Å². The average Bonchev–Trinajstić information content (AvgIpc) is 2.43. The Bertz CT molecular complexity index is 661. The van der Waals surface area contributed by atoms with Crippen molar-refractivity contribution in [3.63, 3.8) is 0 Å². The standard InChI is InChI=1S/C14H11BrFNO3/c1-20-9-3-4-11(15)10(7-9)14(19)17-8-2-5-13(18)12(16)6-8/h2-7,18H,1H3,(H,17,19). The minimum Gasteiger partial charge on any atom is -0.505 e. The Balaban J connectivity index is 2.25. The van der Waals surface area contributed by atoms with Crippen molar-refractivity contribution in [2.75, 3.05) is 12.4 Å². The molecule has 0 saturated carbocycles. The summed E-state index contributed by atoms with van der Waals surface area (Å²) in [4.78, 5) is 12.1. The van der Waals surface area contributed by atoms with Gasteiger partial charge >= 0.3 is 0 Å². The van der Waals surface area contributed by atoms with Crippen LogP contribution in [0.25, 0.3) is 0 Å². The number of aromatic hydroxyl groups is 1. The number of rotatable bonds is 3. The van der Waals surface area contributed by atoms with Gasteiger partial charge in [-0.15, -0.1) is 0 Å². The maximum absolute atomic E-state index is 13.2. The molecule has 104 valence electrons. The highest BCUT2D eigenvalue weighted by Gasteiger charge is 2.12. The van der Waals surface area contributed by atoms with E-state index in [0.717, 1.165) is 6.07 Å². The van der Waals surface area contributed by atoms with E-state index in [1.165, 1.54) is 19.2 Å². The van der Waals surface area contributed by atoms with E-state index in [0.29, 0.717) is 15.8 Å². The van der Waals surface area contributed by atoms with Crippen LogP contribution >= 0.6 is 15.9 Å². The lowest BCUT2D eigenvalue weighted by molar-refractivity contribution is 0.102. The molecule has 0 radical (unpaired) electrons. The van der Waals surface area contributed by atoms with Crippen LogP contribution < -0.4 is 10.1 Å². The van der Waals surface area contributed by atoms with Crippen LogP contribution in [0.5, 0.6) is 11.5 Å². The molecule has 0 aliphatic heterocycles. The summed E-state index contributed by atoms with van der Waals surface area (Å²) in [5, 5.41) is 11.6. The fourth-order valence-corrected chi connectivity index (χ4v) is 2.02. The van der Waals surface area contributed by atoms with E-state index in [2.05, 4.69) is 21.2 Å². The number of carbonyl (C=O) groups excluding carboxylic acids is 1. The molecule has 2 aromatic rings. The van der Waals surface area contributed by atoms with Crippen LogP contribution in [0.4, 0.5) is 10.1 Å². The molecule has 0 bridgehead atoms. The third kappa shape index (κ3) is 3.08. The Morgan fingerprint density at radius 2 is 2.05 bits per heavy atom. The summed E-state index contributed by atoms with van der Waals surface area (Å²) in [5.74, 6) is -1.14. The van der Waals surface area contributed by atoms with Crippen LogP contribution in [0.3, 0.4) is 0 Å². The third-order valence-electron chi connectivity index (χ3n) is 2.62. The second kappa shape index (κ2) is 5.92. The summed E-state index contributed by atoms with van der Waals surface area (Å²) in [6, 6.07) is 8.58. The van der Waals surface area contributed by atoms with Crippen LogP contribution in [0.2, 0.25) is 0 Å². The second-order valence-corrected chi connectivity index (χ2v) is 4.82. The summed E-state index contributed by atoms with van der Waals surface area (Å²) in [7, 11) is 1.50. The molecular weight excluding hydrogens is 329 g/mol. The SMILES string of the molecule is COc1ccc(Br)c(C(=O)Nc2ccc(O)c(F)c2)c1. The van der Waals surface area contributed by atoms with Crippen LogP contribution in [0.15, 0.2) is 40.9 Å². The summed E-state index contributed by atoms with van der Waals surface area (Å²) in [6.07, 6.45) is 0. The first-order valence-electron chi connectivity index (χ1n) is 5.64. The molecule has 0 unspecified atom stereocenters. The van der Waals surface area contributed by atoms with Gasteiger partial charge in [0.25, 0.3) is 5.91 Å². The third-order valence-corrected chi connectivity index (χ3v) is 3.32. The van der Waals surface area contributed by atoms with Gasteiger partial charge < -0.3 is 15.2 Å². The number of phenols is 1. The quantitative estimate of drug-likeness (QED) is 0.840. The number of hydrogen-bond donors (Lipinski definition) is 2. The van der Waals surface area contributed by atoms with Crippen molar-refractivity contribution >= 4 is 27.5 Å². The number of carbonyl (C=O) groups is 1. The van der Waals surface area contributed by atoms with Gasteiger partial charge in [0, 0.05) is 16.2 Å². The van der Waals surface area contributed by atoms with Gasteiger partial charge in [0.15, 0.2) is 11.6 Å². The molecule has 2 aromatic carbocycles. The fourth-order valence-electron chi connectivity index (χ4n) is 1.59. The van der Waals surface area contributed by atoms with Gasteiger partial charge in [0.05, 0.1) is 12.7 Å². The van der Waals surface area contributed by atoms with Gasteiger partial charge in [-0.1, -0.05) is 0 Å². The first-order chi connectivity index (χ1) is 9.51. The van der Waals surface area contributed by atoms with Crippen molar-refractivity contribution in [2.45, 2.75) is 0 Å². The number of hydrogen-bond acceptors (Lipinski definition) is 3. The molecule has 0 heterocycles. The smallest absolute Gasteiger partial charge is 0.256 e. The van der Waals surface area contributed by atoms with Crippen LogP contribution in [0, 0.1) is 5.82 Å². The van der Waals surface area contributed by atoms with E-state index in [1.807, 2.05) is 0 Å². The summed E-state index contributed by atoms with van der Waals surface area (Å²) in [5.41, 5.74) is 0.609. The van der Waals surface area contributed by atoms with E-state index in [9.17, 15) is 9.18 Å². The molecule has 2 N–H and O–H groups in total. The van der Waals surface area contributed by atoms with Crippen molar-refractivity contribution in [3.8, 4) is 11.5 Å². The molecule has 0 spiro atoms. The van der Waals surface area contributed by atoms with Crippen molar-refractivity contribution in [2.24, 2.45) is 0 Å². The number of ether oxygens (including phenoxy) is 1. The topological polar surface area (TPSA) is 58.6 Å². The number of phenolic OH excluding ortho intramolecular Hbond substituents is 1. The molecule has 1 amide bonds. The second-order valence-electron chi connectivity index (χ2n) is 3.97. The van der Waals surface area contributed by atoms with E-state index in [-0.39, 0.29) is 5.69 Å². The van der Waals surface area contributed by atoms with Crippen LogP contribution in [0.1, 0.15) is 10.4 Å². The van der Waals surface area contributed by atoms with E-state index in [4.69, 9.17) is 9.84 Å². The van der Waals surface area contributed by atoms with Crippen molar-refractivity contribution < 1.29 is 19.0 Å². The Hall–Kier alpha value is -2.08. The van der Waals surface area contributed by atoms with E-state index in [1.54, 1.807) is 18.2 Å². The molecule has 6 heteroatoms. The van der Waals surface area contributed by atoms with Gasteiger partial charge in [0.2, 0.25) is 0 Å². The molecule has 0 saturated heterocycles. The number of nitrogens with one attached hydrogen (secondary N) is 1. The highest BCUT2D eigenvalue weighted by Crippen LogP contribution is 2.24. The van der Waals surface area contributed by atoms with Crippen molar-refractivity contribution in [3.05, 3.63) is 52.3 Å². The Morgan fingerprint density at radius 1 is 1.30 bits per heavy atom. The molecule has 0 atom stereocenters. The molecule has 0 fully saturated rings. The highest BCUT2D eigenvalue weighted by molar-refractivity contribution is 9.10. The number of anilines is 1. The minimum absolute atomic E-state index is 0.250. The average molecular weight is 340 g/mol. The van der Waals surface area contributed by atoms with Gasteiger partial charge in [0.1, 0.15) is 5.75 Å². The van der Waals surface area contributed by atoms with Crippen LogP contribution in [-0.2, 0) is 0 Å². The van der Waals surface area contributed by atoms with E-state index >= 15 is 0 Å². The Labute approximate surface area is 123 Å². The zero-order chi connectivity index (χ0) is 14.7. The van der Waals surface area contributed by atoms with Gasteiger partial charge in [-0.2, -0.15) is 0 Å². The minimum atomic E-state index is -0.799. The lowest BCUT2D eigenvalue weighted by Gasteiger charge is -2.09. The lowest BCUT2D eigenvalue weighted by Crippen LogP contribution is -2.12. The van der Waals surface area contributed by atoms with E-state index < -0.39 is 17.5 Å². The molecule has 4 nitrogen and oxygen atoms in total. The molecule has 0 aliphatic rings. The largest absolute Gasteiger partial charge is 0.505 e. The molecule has 2 rings (SSSR count). The molecular formula is C14H11BrFNO3. The maximum atomic E-state index is 13.2. The first-order valence-corrected chi connectivity index (χ1v) is 6.44. The van der Waals surface area contributed by atoms with Crippen LogP contribution in [-0.4, -0.2) is 18.1 Å². The lowest BCUT2D eigenvalue weighted by atomic mass is 10.2. The highest BCUT2D eigenvalue weighted by atomic mass is 79.9. The zero-order valence-electron chi connectivity index (χ0n) is 10.5. The molecule has 0 aromatic heterocycles. The summed E-state index contributed by atoms with van der Waals surface area (Å²) >= 11 is 3.27. The normalized spacial score (nSPS) is 10.2.